The second-order valence-electron chi connectivity index (χ2n) is 5.96. The smallest absolute Gasteiger partial charge is 0.307 e. The van der Waals surface area contributed by atoms with Crippen molar-refractivity contribution in [3.63, 3.8) is 0 Å². The molecule has 4 aliphatic rings. The highest BCUT2D eigenvalue weighted by molar-refractivity contribution is 5.70. The Balaban J connectivity index is 1.80. The van der Waals surface area contributed by atoms with E-state index in [-0.39, 0.29) is 5.97 Å². The van der Waals surface area contributed by atoms with Crippen LogP contribution in [0.4, 0.5) is 0 Å². The van der Waals surface area contributed by atoms with Gasteiger partial charge in [-0.3, -0.25) is 14.6 Å². The number of likely N-dealkylation sites (N-methyl/N-ethyl adjacent to an activating group) is 1. The summed E-state index contributed by atoms with van der Waals surface area (Å²) in [6.45, 7) is 6.92. The average Bonchev–Trinajstić information content (AvgIpc) is 2.80. The van der Waals surface area contributed by atoms with Crippen molar-refractivity contribution in [3.05, 3.63) is 0 Å². The highest BCUT2D eigenvalue weighted by Gasteiger charge is 2.52. The molecule has 4 aliphatic heterocycles. The van der Waals surface area contributed by atoms with Crippen LogP contribution in [0.3, 0.4) is 0 Å². The molecule has 4 heterocycles. The Labute approximate surface area is 109 Å². The van der Waals surface area contributed by atoms with Crippen LogP contribution in [0.5, 0.6) is 0 Å². The van der Waals surface area contributed by atoms with E-state index in [1.54, 1.807) is 0 Å². The van der Waals surface area contributed by atoms with Crippen molar-refractivity contribution in [2.24, 2.45) is 11.8 Å². The molecule has 0 spiro atoms. The zero-order chi connectivity index (χ0) is 12.7. The van der Waals surface area contributed by atoms with Crippen LogP contribution in [0.15, 0.2) is 0 Å². The second-order valence-corrected chi connectivity index (χ2v) is 5.96. The van der Waals surface area contributed by atoms with Gasteiger partial charge >= 0.3 is 5.97 Å². The highest BCUT2D eigenvalue weighted by atomic mass is 16.5. The van der Waals surface area contributed by atoms with Gasteiger partial charge in [-0.25, -0.2) is 0 Å². The van der Waals surface area contributed by atoms with E-state index in [2.05, 4.69) is 16.7 Å². The average molecular weight is 252 g/mol. The Hall–Kier alpha value is -0.610. The lowest BCUT2D eigenvalue weighted by molar-refractivity contribution is -0.142. The van der Waals surface area contributed by atoms with E-state index in [0.29, 0.717) is 18.5 Å². The Morgan fingerprint density at radius 2 is 2.06 bits per heavy atom. The fraction of sp³-hybridized carbons (Fsp3) is 0.929. The van der Waals surface area contributed by atoms with Crippen molar-refractivity contribution < 1.29 is 9.53 Å². The van der Waals surface area contributed by atoms with E-state index in [1.807, 2.05) is 0 Å². The van der Waals surface area contributed by atoms with Gasteiger partial charge in [-0.05, 0) is 44.3 Å². The van der Waals surface area contributed by atoms with E-state index in [1.165, 1.54) is 39.6 Å². The van der Waals surface area contributed by atoms with Crippen molar-refractivity contribution in [1.29, 1.82) is 0 Å². The third-order valence-electron chi connectivity index (χ3n) is 5.36. The van der Waals surface area contributed by atoms with Gasteiger partial charge in [0.25, 0.3) is 0 Å². The van der Waals surface area contributed by atoms with Crippen LogP contribution < -0.4 is 0 Å². The lowest BCUT2D eigenvalue weighted by atomic mass is 9.73. The second kappa shape index (κ2) is 4.82. The highest BCUT2D eigenvalue weighted by Crippen LogP contribution is 2.44. The molecule has 0 aromatic rings. The van der Waals surface area contributed by atoms with Gasteiger partial charge in [-0.2, -0.15) is 0 Å². The number of likely N-dealkylation sites (tertiary alicyclic amines) is 1. The molecule has 0 aromatic carbocycles. The van der Waals surface area contributed by atoms with Crippen LogP contribution in [-0.4, -0.2) is 61.1 Å². The molecular formula is C14H24N2O2. The first-order chi connectivity index (χ1) is 8.74. The van der Waals surface area contributed by atoms with E-state index in [4.69, 9.17) is 4.74 Å². The quantitative estimate of drug-likeness (QED) is 0.701. The summed E-state index contributed by atoms with van der Waals surface area (Å²) in [7, 11) is 1.50. The first-order valence-electron chi connectivity index (χ1n) is 7.29. The number of piperidine rings is 3. The third kappa shape index (κ3) is 1.86. The van der Waals surface area contributed by atoms with E-state index in [0.717, 1.165) is 18.4 Å². The van der Waals surface area contributed by atoms with Crippen molar-refractivity contribution in [2.75, 3.05) is 33.3 Å². The molecule has 4 rings (SSSR count). The van der Waals surface area contributed by atoms with Gasteiger partial charge in [-0.1, -0.05) is 6.92 Å². The van der Waals surface area contributed by atoms with Gasteiger partial charge in [0.1, 0.15) is 0 Å². The van der Waals surface area contributed by atoms with Crippen LogP contribution in [0.2, 0.25) is 0 Å². The van der Waals surface area contributed by atoms with Crippen molar-refractivity contribution in [3.8, 4) is 0 Å². The summed E-state index contributed by atoms with van der Waals surface area (Å²) in [4.78, 5) is 16.8. The lowest BCUT2D eigenvalue weighted by Crippen LogP contribution is -2.57. The number of esters is 1. The molecule has 4 heteroatoms. The van der Waals surface area contributed by atoms with Crippen LogP contribution in [0, 0.1) is 11.8 Å². The van der Waals surface area contributed by atoms with E-state index >= 15 is 0 Å². The molecule has 0 N–H and O–H groups in total. The maximum atomic E-state index is 11.6. The van der Waals surface area contributed by atoms with Crippen LogP contribution >= 0.6 is 0 Å². The van der Waals surface area contributed by atoms with Gasteiger partial charge in [-0.15, -0.1) is 0 Å². The van der Waals surface area contributed by atoms with Gasteiger partial charge in [0, 0.05) is 18.6 Å². The predicted molar refractivity (Wildman–Crippen MR) is 69.2 cm³/mol. The summed E-state index contributed by atoms with van der Waals surface area (Å²) >= 11 is 0. The normalized spacial score (nSPS) is 42.9. The topological polar surface area (TPSA) is 32.8 Å². The summed E-state index contributed by atoms with van der Waals surface area (Å²) in [6, 6.07) is 0.993. The van der Waals surface area contributed by atoms with E-state index < -0.39 is 0 Å². The summed E-state index contributed by atoms with van der Waals surface area (Å²) in [5.41, 5.74) is 0. The fourth-order valence-corrected chi connectivity index (χ4v) is 4.47. The number of hydrogen-bond donors (Lipinski definition) is 0. The molecule has 0 saturated carbocycles. The molecular weight excluding hydrogens is 228 g/mol. The predicted octanol–water partition coefficient (Wildman–Crippen LogP) is 0.964. The van der Waals surface area contributed by atoms with Crippen molar-refractivity contribution >= 4 is 5.97 Å². The number of fused-ring (bicyclic) bond motifs is 2. The lowest BCUT2D eigenvalue weighted by Gasteiger charge is -2.49. The van der Waals surface area contributed by atoms with Crippen molar-refractivity contribution in [1.82, 2.24) is 9.80 Å². The number of carbonyl (C=O) groups is 1. The largest absolute Gasteiger partial charge is 0.469 e. The van der Waals surface area contributed by atoms with Crippen LogP contribution in [0.25, 0.3) is 0 Å². The monoisotopic (exact) mass is 252 g/mol. The number of methoxy groups -OCH3 is 1. The fourth-order valence-electron chi connectivity index (χ4n) is 4.47. The van der Waals surface area contributed by atoms with Gasteiger partial charge in [0.2, 0.25) is 0 Å². The molecule has 4 nitrogen and oxygen atoms in total. The Bertz CT molecular complexity index is 326. The Kier molecular flexibility index (Phi) is 3.32. The molecule has 3 atom stereocenters. The molecule has 0 amide bonds. The minimum absolute atomic E-state index is 0.0539. The summed E-state index contributed by atoms with van der Waals surface area (Å²) in [5, 5.41) is 0. The Morgan fingerprint density at radius 3 is 2.67 bits per heavy atom. The third-order valence-corrected chi connectivity index (χ3v) is 5.36. The Morgan fingerprint density at radius 1 is 1.33 bits per heavy atom. The number of carbonyl (C=O) groups excluding carboxylic acids is 1. The molecule has 4 fully saturated rings. The van der Waals surface area contributed by atoms with Crippen molar-refractivity contribution in [2.45, 2.75) is 38.3 Å². The molecule has 0 radical (unpaired) electrons. The number of hydrogen-bond acceptors (Lipinski definition) is 4. The maximum absolute atomic E-state index is 11.6. The first-order valence-corrected chi connectivity index (χ1v) is 7.29. The molecule has 102 valence electrons. The SMILES string of the molecule is CCN1CC2C3CCN(CC3)C2C1CC(=O)OC. The van der Waals surface area contributed by atoms with Gasteiger partial charge < -0.3 is 4.74 Å². The molecule has 0 aliphatic carbocycles. The zero-order valence-electron chi connectivity index (χ0n) is 11.5. The molecule has 18 heavy (non-hydrogen) atoms. The van der Waals surface area contributed by atoms with E-state index in [9.17, 15) is 4.79 Å². The van der Waals surface area contributed by atoms with Crippen LogP contribution in [0.1, 0.15) is 26.2 Å². The number of nitrogens with zero attached hydrogens (tertiary/aromatic N) is 2. The summed E-state index contributed by atoms with van der Waals surface area (Å²) in [5.74, 6) is 1.64. The zero-order valence-corrected chi connectivity index (χ0v) is 11.5. The van der Waals surface area contributed by atoms with Crippen LogP contribution in [-0.2, 0) is 9.53 Å². The standard InChI is InChI=1S/C14H24N2O2/c1-3-15-9-11-10-4-6-16(7-5-10)14(11)12(15)8-13(17)18-2/h10-12,14H,3-9H2,1-2H3. The van der Waals surface area contributed by atoms with Gasteiger partial charge in [0.15, 0.2) is 0 Å². The minimum Gasteiger partial charge on any atom is -0.469 e. The molecule has 3 unspecified atom stereocenters. The molecule has 2 bridgehead atoms. The maximum Gasteiger partial charge on any atom is 0.307 e. The number of ether oxygens (including phenoxy) is 1. The summed E-state index contributed by atoms with van der Waals surface area (Å²) in [6.07, 6.45) is 3.29. The number of rotatable bonds is 3. The molecule has 4 saturated heterocycles. The first kappa shape index (κ1) is 12.4. The minimum atomic E-state index is -0.0539. The molecule has 0 aromatic heterocycles. The van der Waals surface area contributed by atoms with Gasteiger partial charge in [0.05, 0.1) is 13.5 Å². The summed E-state index contributed by atoms with van der Waals surface area (Å²) < 4.78 is 4.88.